The van der Waals surface area contributed by atoms with Crippen molar-refractivity contribution in [2.75, 3.05) is 0 Å². The molecule has 1 aromatic rings. The summed E-state index contributed by atoms with van der Waals surface area (Å²) in [6.07, 6.45) is 10.4. The van der Waals surface area contributed by atoms with Gasteiger partial charge in [-0.05, 0) is 38.2 Å². The van der Waals surface area contributed by atoms with E-state index in [0.717, 1.165) is 18.9 Å². The SMILES string of the molecule is Fc1ccc(CN(C2C=CCCC2)C2CC2)c(F)c1. The molecule has 0 N–H and O–H groups in total. The predicted octanol–water partition coefficient (Wildman–Crippen LogP) is 4.04. The number of halogens is 2. The first kappa shape index (κ1) is 12.8. The molecule has 1 nitrogen and oxygen atoms in total. The lowest BCUT2D eigenvalue weighted by molar-refractivity contribution is 0.192. The number of hydrogen-bond acceptors (Lipinski definition) is 1. The minimum absolute atomic E-state index is 0.422. The van der Waals surface area contributed by atoms with Gasteiger partial charge in [0.1, 0.15) is 11.6 Å². The van der Waals surface area contributed by atoms with Crippen molar-refractivity contribution >= 4 is 0 Å². The molecule has 0 saturated heterocycles. The summed E-state index contributed by atoms with van der Waals surface area (Å²) < 4.78 is 26.7. The van der Waals surface area contributed by atoms with Crippen molar-refractivity contribution in [2.45, 2.75) is 50.7 Å². The molecule has 3 heteroatoms. The molecule has 0 bridgehead atoms. The fourth-order valence-corrected chi connectivity index (χ4v) is 2.84. The van der Waals surface area contributed by atoms with Crippen LogP contribution in [0.5, 0.6) is 0 Å². The van der Waals surface area contributed by atoms with E-state index in [1.807, 2.05) is 0 Å². The lowest BCUT2D eigenvalue weighted by atomic mass is 10.0. The first-order valence-corrected chi connectivity index (χ1v) is 7.10. The van der Waals surface area contributed by atoms with Gasteiger partial charge < -0.3 is 0 Å². The van der Waals surface area contributed by atoms with Crippen LogP contribution in [0.2, 0.25) is 0 Å². The summed E-state index contributed by atoms with van der Waals surface area (Å²) in [6, 6.07) is 4.91. The quantitative estimate of drug-likeness (QED) is 0.741. The van der Waals surface area contributed by atoms with E-state index in [-0.39, 0.29) is 0 Å². The van der Waals surface area contributed by atoms with Crippen LogP contribution in [-0.4, -0.2) is 17.0 Å². The molecule has 0 spiro atoms. The van der Waals surface area contributed by atoms with Crippen molar-refractivity contribution < 1.29 is 8.78 Å². The third-order valence-corrected chi connectivity index (χ3v) is 4.04. The zero-order valence-corrected chi connectivity index (χ0v) is 11.0. The summed E-state index contributed by atoms with van der Waals surface area (Å²) in [7, 11) is 0. The van der Waals surface area contributed by atoms with Crippen molar-refractivity contribution in [1.29, 1.82) is 0 Å². The maximum Gasteiger partial charge on any atom is 0.130 e. The monoisotopic (exact) mass is 263 g/mol. The largest absolute Gasteiger partial charge is 0.290 e. The van der Waals surface area contributed by atoms with Crippen LogP contribution in [0, 0.1) is 11.6 Å². The Labute approximate surface area is 112 Å². The Morgan fingerprint density at radius 2 is 2.00 bits per heavy atom. The smallest absolute Gasteiger partial charge is 0.130 e. The van der Waals surface area contributed by atoms with Gasteiger partial charge in [0.2, 0.25) is 0 Å². The average molecular weight is 263 g/mol. The predicted molar refractivity (Wildman–Crippen MR) is 71.7 cm³/mol. The fraction of sp³-hybridized carbons (Fsp3) is 0.500. The fourth-order valence-electron chi connectivity index (χ4n) is 2.84. The van der Waals surface area contributed by atoms with E-state index in [9.17, 15) is 8.78 Å². The Morgan fingerprint density at radius 1 is 1.16 bits per heavy atom. The molecule has 0 amide bonds. The number of nitrogens with zero attached hydrogens (tertiary/aromatic N) is 1. The van der Waals surface area contributed by atoms with Gasteiger partial charge in [-0.25, -0.2) is 8.78 Å². The lowest BCUT2D eigenvalue weighted by Gasteiger charge is -2.31. The van der Waals surface area contributed by atoms with Gasteiger partial charge >= 0.3 is 0 Å². The van der Waals surface area contributed by atoms with Gasteiger partial charge in [-0.15, -0.1) is 0 Å². The second-order valence-corrected chi connectivity index (χ2v) is 5.57. The van der Waals surface area contributed by atoms with E-state index >= 15 is 0 Å². The van der Waals surface area contributed by atoms with Crippen molar-refractivity contribution in [3.05, 3.63) is 47.5 Å². The molecule has 3 rings (SSSR count). The Hall–Kier alpha value is -1.22. The van der Waals surface area contributed by atoms with Crippen molar-refractivity contribution in [1.82, 2.24) is 4.90 Å². The highest BCUT2D eigenvalue weighted by atomic mass is 19.1. The summed E-state index contributed by atoms with van der Waals surface area (Å²) in [4.78, 5) is 2.38. The maximum atomic E-state index is 13.8. The molecule has 1 atom stereocenters. The summed E-state index contributed by atoms with van der Waals surface area (Å²) in [5, 5.41) is 0. The molecular formula is C16H19F2N. The number of allylic oxidation sites excluding steroid dienone is 1. The van der Waals surface area contributed by atoms with Crippen molar-refractivity contribution in [3.8, 4) is 0 Å². The zero-order chi connectivity index (χ0) is 13.2. The summed E-state index contributed by atoms with van der Waals surface area (Å²) in [6.45, 7) is 0.589. The van der Waals surface area contributed by atoms with Crippen LogP contribution in [0.3, 0.4) is 0 Å². The van der Waals surface area contributed by atoms with Crippen LogP contribution in [0.4, 0.5) is 8.78 Å². The molecular weight excluding hydrogens is 244 g/mol. The topological polar surface area (TPSA) is 3.24 Å². The Morgan fingerprint density at radius 3 is 2.63 bits per heavy atom. The van der Waals surface area contributed by atoms with Gasteiger partial charge in [-0.2, -0.15) is 0 Å². The highest BCUT2D eigenvalue weighted by Gasteiger charge is 2.33. The van der Waals surface area contributed by atoms with Crippen LogP contribution < -0.4 is 0 Å². The van der Waals surface area contributed by atoms with Crippen LogP contribution in [0.1, 0.15) is 37.7 Å². The minimum Gasteiger partial charge on any atom is -0.290 e. The number of rotatable bonds is 4. The molecule has 1 fully saturated rings. The van der Waals surface area contributed by atoms with Gasteiger partial charge in [0, 0.05) is 30.3 Å². The average Bonchev–Trinajstić information content (AvgIpc) is 3.23. The summed E-state index contributed by atoms with van der Waals surface area (Å²) >= 11 is 0. The van der Waals surface area contributed by atoms with E-state index in [0.29, 0.717) is 24.2 Å². The number of benzene rings is 1. The first-order valence-electron chi connectivity index (χ1n) is 7.10. The molecule has 102 valence electrons. The molecule has 1 saturated carbocycles. The summed E-state index contributed by atoms with van der Waals surface area (Å²) in [5.74, 6) is -0.928. The van der Waals surface area contributed by atoms with E-state index in [1.165, 1.54) is 25.3 Å². The number of hydrogen-bond donors (Lipinski definition) is 0. The van der Waals surface area contributed by atoms with E-state index in [1.54, 1.807) is 6.07 Å². The Kier molecular flexibility index (Phi) is 3.65. The molecule has 2 aliphatic rings. The van der Waals surface area contributed by atoms with Gasteiger partial charge in [-0.1, -0.05) is 18.2 Å². The molecule has 0 heterocycles. The minimum atomic E-state index is -0.503. The van der Waals surface area contributed by atoms with Gasteiger partial charge in [0.25, 0.3) is 0 Å². The van der Waals surface area contributed by atoms with E-state index in [4.69, 9.17) is 0 Å². The van der Waals surface area contributed by atoms with Crippen molar-refractivity contribution in [3.63, 3.8) is 0 Å². The standard InChI is InChI=1S/C16H19F2N/c17-13-7-6-12(16(18)10-13)11-19(15-8-9-15)14-4-2-1-3-5-14/h2,4,6-7,10,14-15H,1,3,5,8-9,11H2. The molecule has 0 aromatic heterocycles. The summed E-state index contributed by atoms with van der Waals surface area (Å²) in [5.41, 5.74) is 0.604. The van der Waals surface area contributed by atoms with Crippen molar-refractivity contribution in [2.24, 2.45) is 0 Å². The van der Waals surface area contributed by atoms with E-state index in [2.05, 4.69) is 17.1 Å². The van der Waals surface area contributed by atoms with Crippen LogP contribution in [0.25, 0.3) is 0 Å². The molecule has 1 aromatic carbocycles. The second kappa shape index (κ2) is 5.41. The Bertz CT molecular complexity index is 480. The normalized spacial score (nSPS) is 23.0. The van der Waals surface area contributed by atoms with Gasteiger partial charge in [0.05, 0.1) is 0 Å². The third kappa shape index (κ3) is 3.03. The van der Waals surface area contributed by atoms with Gasteiger partial charge in [0.15, 0.2) is 0 Å². The second-order valence-electron chi connectivity index (χ2n) is 5.57. The molecule has 1 unspecified atom stereocenters. The van der Waals surface area contributed by atoms with Crippen LogP contribution in [0.15, 0.2) is 30.4 Å². The highest BCUT2D eigenvalue weighted by Crippen LogP contribution is 2.33. The highest BCUT2D eigenvalue weighted by molar-refractivity contribution is 5.19. The first-order chi connectivity index (χ1) is 9.24. The maximum absolute atomic E-state index is 13.8. The molecule has 0 radical (unpaired) electrons. The molecule has 0 aliphatic heterocycles. The molecule has 2 aliphatic carbocycles. The van der Waals surface area contributed by atoms with Gasteiger partial charge in [-0.3, -0.25) is 4.90 Å². The van der Waals surface area contributed by atoms with Crippen LogP contribution >= 0.6 is 0 Å². The zero-order valence-electron chi connectivity index (χ0n) is 11.0. The third-order valence-electron chi connectivity index (χ3n) is 4.04. The lowest BCUT2D eigenvalue weighted by Crippen LogP contribution is -2.36. The van der Waals surface area contributed by atoms with Crippen LogP contribution in [-0.2, 0) is 6.54 Å². The molecule has 19 heavy (non-hydrogen) atoms. The van der Waals surface area contributed by atoms with E-state index < -0.39 is 11.6 Å². The Balaban J connectivity index is 1.77.